The molecule has 0 radical (unpaired) electrons. The Morgan fingerprint density at radius 3 is 2.83 bits per heavy atom. The van der Waals surface area contributed by atoms with Gasteiger partial charge >= 0.3 is 11.6 Å². The van der Waals surface area contributed by atoms with E-state index in [1.54, 1.807) is 12.1 Å². The summed E-state index contributed by atoms with van der Waals surface area (Å²) in [6.07, 6.45) is 0. The maximum atomic E-state index is 11.5. The van der Waals surface area contributed by atoms with Crippen molar-refractivity contribution in [1.82, 2.24) is 0 Å². The van der Waals surface area contributed by atoms with Crippen molar-refractivity contribution >= 4 is 38.6 Å². The molecule has 2 aromatic rings. The van der Waals surface area contributed by atoms with Gasteiger partial charge < -0.3 is 14.8 Å². The van der Waals surface area contributed by atoms with Crippen LogP contribution in [0.3, 0.4) is 0 Å². The molecule has 1 heterocycles. The lowest BCUT2D eigenvalue weighted by Crippen LogP contribution is -2.13. The minimum Gasteiger partial charge on any atom is -0.477 e. The molecule has 0 amide bonds. The Balaban J connectivity index is 2.73. The van der Waals surface area contributed by atoms with Gasteiger partial charge in [-0.05, 0) is 41.1 Å². The van der Waals surface area contributed by atoms with Crippen molar-refractivity contribution in [3.63, 3.8) is 0 Å². The maximum Gasteiger partial charge on any atom is 0.351 e. The summed E-state index contributed by atoms with van der Waals surface area (Å²) in [4.78, 5) is 22.3. The van der Waals surface area contributed by atoms with Gasteiger partial charge in [-0.25, -0.2) is 9.59 Å². The second kappa shape index (κ2) is 4.81. The predicted molar refractivity (Wildman–Crippen MR) is 71.3 cm³/mol. The molecule has 0 saturated heterocycles. The van der Waals surface area contributed by atoms with Gasteiger partial charge in [-0.3, -0.25) is 0 Å². The number of halogens is 1. The number of nitrogens with one attached hydrogen (secondary N) is 1. The Labute approximate surface area is 111 Å². The normalized spacial score (nSPS) is 10.6. The first kappa shape index (κ1) is 12.6. The van der Waals surface area contributed by atoms with Crippen LogP contribution in [0, 0.1) is 0 Å². The molecule has 1 aromatic heterocycles. The van der Waals surface area contributed by atoms with Crippen LogP contribution in [0.4, 0.5) is 5.69 Å². The predicted octanol–water partition coefficient (Wildman–Crippen LogP) is 2.69. The highest BCUT2D eigenvalue weighted by molar-refractivity contribution is 9.10. The van der Waals surface area contributed by atoms with E-state index in [4.69, 9.17) is 9.52 Å². The van der Waals surface area contributed by atoms with Crippen LogP contribution in [-0.4, -0.2) is 17.6 Å². The molecule has 1 aromatic carbocycles. The van der Waals surface area contributed by atoms with Crippen LogP contribution in [0.1, 0.15) is 17.3 Å². The van der Waals surface area contributed by atoms with Gasteiger partial charge in [0.2, 0.25) is 0 Å². The summed E-state index contributed by atoms with van der Waals surface area (Å²) >= 11 is 3.34. The lowest BCUT2D eigenvalue weighted by Gasteiger charge is -2.08. The second-order valence-corrected chi connectivity index (χ2v) is 4.42. The second-order valence-electron chi connectivity index (χ2n) is 3.63. The van der Waals surface area contributed by atoms with E-state index in [9.17, 15) is 9.59 Å². The smallest absolute Gasteiger partial charge is 0.351 e. The maximum absolute atomic E-state index is 11.5. The van der Waals surface area contributed by atoms with E-state index in [0.717, 1.165) is 12.2 Å². The Kier molecular flexibility index (Phi) is 3.38. The number of benzene rings is 1. The largest absolute Gasteiger partial charge is 0.477 e. The molecule has 0 aliphatic carbocycles. The van der Waals surface area contributed by atoms with Gasteiger partial charge in [0.25, 0.3) is 0 Å². The third-order valence-electron chi connectivity index (χ3n) is 2.44. The average Bonchev–Trinajstić information content (AvgIpc) is 2.33. The highest BCUT2D eigenvalue weighted by atomic mass is 79.9. The average molecular weight is 312 g/mol. The summed E-state index contributed by atoms with van der Waals surface area (Å²) in [6, 6.07) is 4.80. The number of rotatable bonds is 3. The highest BCUT2D eigenvalue weighted by Crippen LogP contribution is 2.30. The summed E-state index contributed by atoms with van der Waals surface area (Å²) in [5.41, 5.74) is -0.102. The summed E-state index contributed by atoms with van der Waals surface area (Å²) in [7, 11) is 0. The Bertz CT molecular complexity index is 678. The van der Waals surface area contributed by atoms with Crippen LogP contribution >= 0.6 is 15.9 Å². The van der Waals surface area contributed by atoms with Gasteiger partial charge in [0, 0.05) is 11.9 Å². The highest BCUT2D eigenvalue weighted by Gasteiger charge is 2.14. The van der Waals surface area contributed by atoms with E-state index in [0.29, 0.717) is 15.4 Å². The lowest BCUT2D eigenvalue weighted by molar-refractivity contribution is 0.0692. The van der Waals surface area contributed by atoms with Crippen molar-refractivity contribution in [3.05, 3.63) is 38.7 Å². The van der Waals surface area contributed by atoms with Crippen molar-refractivity contribution in [2.24, 2.45) is 0 Å². The van der Waals surface area contributed by atoms with Gasteiger partial charge in [-0.1, -0.05) is 0 Å². The van der Waals surface area contributed by atoms with Gasteiger partial charge in [0.1, 0.15) is 5.56 Å². The number of carboxylic acids is 1. The fourth-order valence-electron chi connectivity index (χ4n) is 1.63. The molecule has 0 aliphatic rings. The summed E-state index contributed by atoms with van der Waals surface area (Å²) < 4.78 is 5.66. The molecule has 2 N–H and O–H groups in total. The molecule has 0 atom stereocenters. The first-order chi connectivity index (χ1) is 8.54. The molecule has 94 valence electrons. The van der Waals surface area contributed by atoms with Gasteiger partial charge in [-0.15, -0.1) is 0 Å². The number of carboxylic acid groups (broad SMARTS) is 1. The topological polar surface area (TPSA) is 79.5 Å². The number of hydrogen-bond donors (Lipinski definition) is 2. The van der Waals surface area contributed by atoms with Crippen molar-refractivity contribution in [1.29, 1.82) is 0 Å². The lowest BCUT2D eigenvalue weighted by atomic mass is 10.1. The van der Waals surface area contributed by atoms with E-state index in [2.05, 4.69) is 21.2 Å². The van der Waals surface area contributed by atoms with Gasteiger partial charge in [0.15, 0.2) is 5.58 Å². The van der Waals surface area contributed by atoms with Crippen LogP contribution in [0.15, 0.2) is 31.9 Å². The molecule has 0 unspecified atom stereocenters. The molecule has 0 spiro atoms. The number of carbonyl (C=O) groups is 1. The van der Waals surface area contributed by atoms with Crippen LogP contribution < -0.4 is 10.9 Å². The number of hydrogen-bond acceptors (Lipinski definition) is 4. The van der Waals surface area contributed by atoms with Crippen molar-refractivity contribution in [2.45, 2.75) is 6.92 Å². The SMILES string of the molecule is CCNc1ccc2cc(C(=O)O)c(=O)oc2c1Br. The van der Waals surface area contributed by atoms with Crippen LogP contribution in [0.2, 0.25) is 0 Å². The van der Waals surface area contributed by atoms with Crippen LogP contribution in [0.5, 0.6) is 0 Å². The van der Waals surface area contributed by atoms with E-state index < -0.39 is 11.6 Å². The van der Waals surface area contributed by atoms with Crippen molar-refractivity contribution in [2.75, 3.05) is 11.9 Å². The summed E-state index contributed by atoms with van der Waals surface area (Å²) in [6.45, 7) is 2.67. The molecule has 0 bridgehead atoms. The van der Waals surface area contributed by atoms with Gasteiger partial charge in [-0.2, -0.15) is 0 Å². The van der Waals surface area contributed by atoms with Crippen LogP contribution in [0.25, 0.3) is 11.0 Å². The molecule has 5 nitrogen and oxygen atoms in total. The molecule has 6 heteroatoms. The third-order valence-corrected chi connectivity index (χ3v) is 3.23. The zero-order valence-electron chi connectivity index (χ0n) is 9.49. The Hall–Kier alpha value is -1.82. The first-order valence-corrected chi connectivity index (χ1v) is 6.07. The summed E-state index contributed by atoms with van der Waals surface area (Å²) in [5, 5.41) is 12.5. The monoisotopic (exact) mass is 311 g/mol. The van der Waals surface area contributed by atoms with Crippen molar-refractivity contribution < 1.29 is 14.3 Å². The Morgan fingerprint density at radius 1 is 1.50 bits per heavy atom. The van der Waals surface area contributed by atoms with Gasteiger partial charge in [0.05, 0.1) is 10.2 Å². The van der Waals surface area contributed by atoms with E-state index in [1.807, 2.05) is 6.92 Å². The van der Waals surface area contributed by atoms with E-state index in [1.165, 1.54) is 6.07 Å². The molecular weight excluding hydrogens is 302 g/mol. The zero-order valence-corrected chi connectivity index (χ0v) is 11.1. The quantitative estimate of drug-likeness (QED) is 0.852. The first-order valence-electron chi connectivity index (χ1n) is 5.28. The van der Waals surface area contributed by atoms with Crippen LogP contribution in [-0.2, 0) is 0 Å². The molecular formula is C12H10BrNO4. The Morgan fingerprint density at radius 2 is 2.22 bits per heavy atom. The molecule has 2 rings (SSSR count). The summed E-state index contributed by atoms with van der Waals surface area (Å²) in [5.74, 6) is -1.29. The number of aromatic carboxylic acids is 1. The molecule has 0 aliphatic heterocycles. The fraction of sp³-hybridized carbons (Fsp3) is 0.167. The van der Waals surface area contributed by atoms with E-state index >= 15 is 0 Å². The molecule has 0 saturated carbocycles. The van der Waals surface area contributed by atoms with Crippen molar-refractivity contribution in [3.8, 4) is 0 Å². The number of fused-ring (bicyclic) bond motifs is 1. The van der Waals surface area contributed by atoms with E-state index in [-0.39, 0.29) is 5.56 Å². The molecule has 0 fully saturated rings. The minimum atomic E-state index is -1.29. The fourth-order valence-corrected chi connectivity index (χ4v) is 2.21. The third kappa shape index (κ3) is 2.11. The zero-order chi connectivity index (χ0) is 13.3. The standard InChI is InChI=1S/C12H10BrNO4/c1-2-14-8-4-3-6-5-7(11(15)16)12(17)18-10(6)9(8)13/h3-5,14H,2H2,1H3,(H,15,16). The number of anilines is 1. The minimum absolute atomic E-state index is 0.337. The molecule has 18 heavy (non-hydrogen) atoms.